The zero-order chi connectivity index (χ0) is 30.3. The van der Waals surface area contributed by atoms with Crippen LogP contribution in [0.15, 0.2) is 12.2 Å². The van der Waals surface area contributed by atoms with Gasteiger partial charge in [-0.05, 0) is 86.9 Å². The molecule has 0 saturated carbocycles. The Hall–Kier alpha value is -1.32. The summed E-state index contributed by atoms with van der Waals surface area (Å²) in [4.78, 5) is 23.9. The van der Waals surface area contributed by atoms with Crippen molar-refractivity contribution < 1.29 is 19.1 Å². The van der Waals surface area contributed by atoms with E-state index in [0.29, 0.717) is 37.9 Å². The van der Waals surface area contributed by atoms with E-state index in [-0.39, 0.29) is 22.8 Å². The Morgan fingerprint density at radius 2 is 0.875 bits per heavy atom. The molecule has 4 heteroatoms. The van der Waals surface area contributed by atoms with E-state index in [0.717, 1.165) is 51.4 Å². The molecule has 0 N–H and O–H groups in total. The largest absolute Gasteiger partial charge is 0.466 e. The minimum absolute atomic E-state index is 0.0297. The fraction of sp³-hybridized carbons (Fsp3) is 0.889. The molecule has 0 radical (unpaired) electrons. The van der Waals surface area contributed by atoms with Crippen LogP contribution in [0.3, 0.4) is 0 Å². The molecule has 0 saturated heterocycles. The van der Waals surface area contributed by atoms with E-state index in [1.54, 1.807) is 0 Å². The van der Waals surface area contributed by atoms with Crippen LogP contribution in [0.25, 0.3) is 0 Å². The molecule has 0 aliphatic heterocycles. The highest BCUT2D eigenvalue weighted by Gasteiger charge is 2.20. The van der Waals surface area contributed by atoms with Gasteiger partial charge in [0.05, 0.1) is 13.2 Å². The van der Waals surface area contributed by atoms with E-state index in [4.69, 9.17) is 9.47 Å². The minimum Gasteiger partial charge on any atom is -0.466 e. The van der Waals surface area contributed by atoms with Gasteiger partial charge in [0.25, 0.3) is 0 Å². The van der Waals surface area contributed by atoms with Crippen molar-refractivity contribution in [3.63, 3.8) is 0 Å². The molecule has 0 aliphatic rings. The Labute approximate surface area is 249 Å². The lowest BCUT2D eigenvalue weighted by Gasteiger charge is -2.26. The van der Waals surface area contributed by atoms with Crippen molar-refractivity contribution in [1.82, 2.24) is 0 Å². The molecule has 0 bridgehead atoms. The first-order chi connectivity index (χ1) is 18.8. The summed E-state index contributed by atoms with van der Waals surface area (Å²) in [6, 6.07) is 0. The molecule has 0 fully saturated rings. The van der Waals surface area contributed by atoms with Crippen molar-refractivity contribution in [2.45, 2.75) is 171 Å². The maximum absolute atomic E-state index is 11.9. The van der Waals surface area contributed by atoms with Crippen LogP contribution in [-0.4, -0.2) is 25.2 Å². The van der Waals surface area contributed by atoms with E-state index < -0.39 is 0 Å². The highest BCUT2D eigenvalue weighted by molar-refractivity contribution is 5.69. The number of unbranched alkanes of at least 4 members (excludes halogenated alkanes) is 10. The van der Waals surface area contributed by atoms with E-state index in [9.17, 15) is 9.59 Å². The predicted octanol–water partition coefficient (Wildman–Crippen LogP) is 11.0. The van der Waals surface area contributed by atoms with Crippen molar-refractivity contribution >= 4 is 11.9 Å². The van der Waals surface area contributed by atoms with Gasteiger partial charge in [0.2, 0.25) is 0 Å². The molecular weight excluding hydrogens is 496 g/mol. The Kier molecular flexibility index (Phi) is 22.5. The lowest BCUT2D eigenvalue weighted by atomic mass is 9.81. The number of allylic oxidation sites excluding steroid dienone is 2. The van der Waals surface area contributed by atoms with Gasteiger partial charge in [-0.1, -0.05) is 106 Å². The quantitative estimate of drug-likeness (QED) is 0.0595. The second-order valence-corrected chi connectivity index (χ2v) is 14.5. The first-order valence-electron chi connectivity index (χ1n) is 16.8. The Morgan fingerprint density at radius 3 is 1.23 bits per heavy atom. The number of carbonyl (C=O) groups is 2. The lowest BCUT2D eigenvalue weighted by molar-refractivity contribution is -0.145. The summed E-state index contributed by atoms with van der Waals surface area (Å²) < 4.78 is 10.9. The van der Waals surface area contributed by atoms with Gasteiger partial charge in [0.15, 0.2) is 0 Å². The number of carbonyl (C=O) groups excluding carboxylic acids is 2. The molecule has 0 aromatic carbocycles. The van der Waals surface area contributed by atoms with Crippen molar-refractivity contribution in [2.24, 2.45) is 22.7 Å². The third kappa shape index (κ3) is 26.9. The van der Waals surface area contributed by atoms with E-state index >= 15 is 0 Å². The first-order valence-corrected chi connectivity index (χ1v) is 16.8. The molecule has 0 atom stereocenters. The first kappa shape index (κ1) is 38.7. The standard InChI is InChI=1S/C36H68O4/c1-31(2)29-35(5,6)25-27-39-33(37)23-21-19-17-15-13-11-9-10-12-14-16-18-20-22-24-34(38)40-28-26-36(7,8)30-32(3)4/h9-10,31-32H,11-30H2,1-8H3. The average molecular weight is 565 g/mol. The molecule has 0 amide bonds. The van der Waals surface area contributed by atoms with E-state index in [1.807, 2.05) is 0 Å². The maximum atomic E-state index is 11.9. The molecule has 40 heavy (non-hydrogen) atoms. The zero-order valence-corrected chi connectivity index (χ0v) is 28.1. The van der Waals surface area contributed by atoms with Gasteiger partial charge in [0, 0.05) is 12.8 Å². The van der Waals surface area contributed by atoms with Crippen LogP contribution in [0, 0.1) is 22.7 Å². The Bertz CT molecular complexity index is 604. The number of esters is 2. The lowest BCUT2D eigenvalue weighted by Crippen LogP contribution is -2.18. The molecule has 236 valence electrons. The zero-order valence-electron chi connectivity index (χ0n) is 28.1. The van der Waals surface area contributed by atoms with Crippen molar-refractivity contribution in [1.29, 1.82) is 0 Å². The second-order valence-electron chi connectivity index (χ2n) is 14.5. The van der Waals surface area contributed by atoms with Crippen LogP contribution >= 0.6 is 0 Å². The van der Waals surface area contributed by atoms with E-state index in [2.05, 4.69) is 67.5 Å². The summed E-state index contributed by atoms with van der Waals surface area (Å²) in [6.45, 7) is 19.1. The average Bonchev–Trinajstić information content (AvgIpc) is 2.81. The fourth-order valence-electron chi connectivity index (χ4n) is 5.80. The summed E-state index contributed by atoms with van der Waals surface area (Å²) in [5.41, 5.74) is 0.484. The van der Waals surface area contributed by atoms with Crippen LogP contribution in [0.2, 0.25) is 0 Å². The third-order valence-electron chi connectivity index (χ3n) is 7.68. The molecular formula is C36H68O4. The molecule has 4 nitrogen and oxygen atoms in total. The van der Waals surface area contributed by atoms with Crippen LogP contribution < -0.4 is 0 Å². The highest BCUT2D eigenvalue weighted by Crippen LogP contribution is 2.30. The second kappa shape index (κ2) is 23.3. The summed E-state index contributed by atoms with van der Waals surface area (Å²) in [5.74, 6) is 1.29. The predicted molar refractivity (Wildman–Crippen MR) is 171 cm³/mol. The Balaban J connectivity index is 3.48. The minimum atomic E-state index is -0.0297. The van der Waals surface area contributed by atoms with Gasteiger partial charge in [0.1, 0.15) is 0 Å². The number of hydrogen-bond donors (Lipinski definition) is 0. The molecule has 0 unspecified atom stereocenters. The number of ether oxygens (including phenoxy) is 2. The number of rotatable bonds is 26. The van der Waals surface area contributed by atoms with Gasteiger partial charge in [-0.2, -0.15) is 0 Å². The van der Waals surface area contributed by atoms with E-state index in [1.165, 1.54) is 51.4 Å². The normalized spacial score (nSPS) is 12.6. The molecule has 0 aliphatic carbocycles. The Morgan fingerprint density at radius 1 is 0.550 bits per heavy atom. The summed E-state index contributed by atoms with van der Waals surface area (Å²) in [6.07, 6.45) is 23.8. The molecule has 0 spiro atoms. The molecule has 0 aromatic rings. The molecule has 0 aromatic heterocycles. The van der Waals surface area contributed by atoms with Gasteiger partial charge in [-0.3, -0.25) is 9.59 Å². The van der Waals surface area contributed by atoms with Gasteiger partial charge >= 0.3 is 11.9 Å². The van der Waals surface area contributed by atoms with Gasteiger partial charge in [-0.15, -0.1) is 0 Å². The highest BCUT2D eigenvalue weighted by atomic mass is 16.5. The SMILES string of the molecule is CC(C)CC(C)(C)CCOC(=O)CCCCCCCC=CCCCCCCCC(=O)OCCC(C)(C)CC(C)C. The van der Waals surface area contributed by atoms with Crippen LogP contribution in [0.5, 0.6) is 0 Å². The van der Waals surface area contributed by atoms with Crippen LogP contribution in [0.4, 0.5) is 0 Å². The van der Waals surface area contributed by atoms with Crippen LogP contribution in [0.1, 0.15) is 171 Å². The summed E-state index contributed by atoms with van der Waals surface area (Å²) >= 11 is 0. The maximum Gasteiger partial charge on any atom is 0.305 e. The van der Waals surface area contributed by atoms with Crippen molar-refractivity contribution in [3.8, 4) is 0 Å². The van der Waals surface area contributed by atoms with Crippen molar-refractivity contribution in [3.05, 3.63) is 12.2 Å². The van der Waals surface area contributed by atoms with Gasteiger partial charge in [-0.25, -0.2) is 0 Å². The third-order valence-corrected chi connectivity index (χ3v) is 7.68. The fourth-order valence-corrected chi connectivity index (χ4v) is 5.80. The number of hydrogen-bond acceptors (Lipinski definition) is 4. The monoisotopic (exact) mass is 565 g/mol. The summed E-state index contributed by atoms with van der Waals surface area (Å²) in [7, 11) is 0. The smallest absolute Gasteiger partial charge is 0.305 e. The topological polar surface area (TPSA) is 52.6 Å². The van der Waals surface area contributed by atoms with Crippen LogP contribution in [-0.2, 0) is 19.1 Å². The van der Waals surface area contributed by atoms with Crippen molar-refractivity contribution in [2.75, 3.05) is 13.2 Å². The molecule has 0 rings (SSSR count). The molecule has 0 heterocycles. The summed E-state index contributed by atoms with van der Waals surface area (Å²) in [5, 5.41) is 0. The van der Waals surface area contributed by atoms with Gasteiger partial charge < -0.3 is 9.47 Å².